The maximum absolute atomic E-state index is 12.8. The summed E-state index contributed by atoms with van der Waals surface area (Å²) < 4.78 is 12.8. The molecule has 0 aliphatic carbocycles. The minimum absolute atomic E-state index is 0.143. The number of alkyl halides is 1. The second-order valence-corrected chi connectivity index (χ2v) is 4.78. The first-order valence-corrected chi connectivity index (χ1v) is 6.23. The monoisotopic (exact) mass is 263 g/mol. The Morgan fingerprint density at radius 3 is 2.81 bits per heavy atom. The molecule has 0 amide bonds. The molecule has 0 fully saturated rings. The summed E-state index contributed by atoms with van der Waals surface area (Å²) in [5.74, 6) is -0.310. The number of hydrogen-bond acceptors (Lipinski definition) is 1. The fraction of sp³-hybridized carbons (Fsp3) is 0.500. The summed E-state index contributed by atoms with van der Waals surface area (Å²) in [6, 6.07) is 4.42. The van der Waals surface area contributed by atoms with Gasteiger partial charge in [0.1, 0.15) is 5.82 Å². The van der Waals surface area contributed by atoms with Crippen molar-refractivity contribution in [1.29, 1.82) is 0 Å². The molecule has 0 saturated carbocycles. The highest BCUT2D eigenvalue weighted by Gasteiger charge is 2.04. The smallest absolute Gasteiger partial charge is 0.124 e. The number of benzene rings is 1. The first-order valence-electron chi connectivity index (χ1n) is 5.42. The Morgan fingerprint density at radius 2 is 2.19 bits per heavy atom. The van der Waals surface area contributed by atoms with Gasteiger partial charge in [-0.2, -0.15) is 0 Å². The highest BCUT2D eigenvalue weighted by molar-refractivity contribution is 6.31. The van der Waals surface area contributed by atoms with Crippen LogP contribution < -0.4 is 5.32 Å². The van der Waals surface area contributed by atoms with Gasteiger partial charge in [-0.1, -0.05) is 31.0 Å². The molecule has 1 aromatic rings. The summed E-state index contributed by atoms with van der Waals surface area (Å²) in [4.78, 5) is 0. The first-order chi connectivity index (χ1) is 7.63. The van der Waals surface area contributed by atoms with Crippen molar-refractivity contribution in [2.45, 2.75) is 31.7 Å². The second-order valence-electron chi connectivity index (χ2n) is 3.75. The maximum atomic E-state index is 12.8. The van der Waals surface area contributed by atoms with Crippen molar-refractivity contribution in [2.75, 3.05) is 6.54 Å². The Kier molecular flexibility index (Phi) is 6.10. The van der Waals surface area contributed by atoms with Crippen LogP contribution >= 0.6 is 23.2 Å². The van der Waals surface area contributed by atoms with Gasteiger partial charge < -0.3 is 5.32 Å². The maximum Gasteiger partial charge on any atom is 0.124 e. The molecule has 1 aromatic carbocycles. The Hall–Kier alpha value is -0.310. The summed E-state index contributed by atoms with van der Waals surface area (Å²) in [6.45, 7) is 3.46. The molecule has 16 heavy (non-hydrogen) atoms. The summed E-state index contributed by atoms with van der Waals surface area (Å²) >= 11 is 11.9. The minimum atomic E-state index is -0.310. The van der Waals surface area contributed by atoms with Gasteiger partial charge in [0, 0.05) is 23.5 Å². The van der Waals surface area contributed by atoms with E-state index in [4.69, 9.17) is 23.2 Å². The molecule has 0 saturated heterocycles. The third-order valence-corrected chi connectivity index (χ3v) is 3.02. The van der Waals surface area contributed by atoms with Gasteiger partial charge in [0.15, 0.2) is 0 Å². The number of halogens is 3. The van der Waals surface area contributed by atoms with Crippen molar-refractivity contribution < 1.29 is 4.39 Å². The zero-order chi connectivity index (χ0) is 12.0. The molecule has 1 nitrogen and oxygen atoms in total. The molecule has 1 N–H and O–H groups in total. The lowest BCUT2D eigenvalue weighted by Gasteiger charge is -2.10. The Morgan fingerprint density at radius 1 is 1.44 bits per heavy atom. The van der Waals surface area contributed by atoms with Gasteiger partial charge >= 0.3 is 0 Å². The molecule has 1 rings (SSSR count). The Bertz CT molecular complexity index is 331. The molecule has 1 atom stereocenters. The van der Waals surface area contributed by atoms with Crippen molar-refractivity contribution in [3.63, 3.8) is 0 Å². The molecule has 0 aliphatic heterocycles. The summed E-state index contributed by atoms with van der Waals surface area (Å²) in [5, 5.41) is 3.80. The fourth-order valence-corrected chi connectivity index (χ4v) is 2.01. The lowest BCUT2D eigenvalue weighted by atomic mass is 10.2. The lowest BCUT2D eigenvalue weighted by molar-refractivity contribution is 0.615. The summed E-state index contributed by atoms with van der Waals surface area (Å²) in [5.41, 5.74) is 0.892. The van der Waals surface area contributed by atoms with E-state index in [-0.39, 0.29) is 11.2 Å². The van der Waals surface area contributed by atoms with Gasteiger partial charge in [-0.05, 0) is 24.1 Å². The normalized spacial score (nSPS) is 12.8. The SMILES string of the molecule is CCCC(Cl)CNCc1ccc(F)cc1Cl. The van der Waals surface area contributed by atoms with Crippen LogP contribution in [0.4, 0.5) is 4.39 Å². The van der Waals surface area contributed by atoms with Crippen LogP contribution in [0.3, 0.4) is 0 Å². The van der Waals surface area contributed by atoms with Gasteiger partial charge in [0.25, 0.3) is 0 Å². The highest BCUT2D eigenvalue weighted by atomic mass is 35.5. The lowest BCUT2D eigenvalue weighted by Crippen LogP contribution is -2.22. The van der Waals surface area contributed by atoms with Crippen molar-refractivity contribution in [1.82, 2.24) is 5.32 Å². The van der Waals surface area contributed by atoms with Crippen LogP contribution in [0.2, 0.25) is 5.02 Å². The molecule has 4 heteroatoms. The van der Waals surface area contributed by atoms with Gasteiger partial charge in [0.05, 0.1) is 0 Å². The summed E-state index contributed by atoms with van der Waals surface area (Å²) in [6.07, 6.45) is 2.07. The quantitative estimate of drug-likeness (QED) is 0.766. The van der Waals surface area contributed by atoms with Crippen LogP contribution in [-0.2, 0) is 6.54 Å². The van der Waals surface area contributed by atoms with E-state index in [2.05, 4.69) is 12.2 Å². The Balaban J connectivity index is 2.37. The van der Waals surface area contributed by atoms with Crippen LogP contribution in [0.15, 0.2) is 18.2 Å². The van der Waals surface area contributed by atoms with E-state index in [0.717, 1.165) is 24.9 Å². The largest absolute Gasteiger partial charge is 0.311 e. The third kappa shape index (κ3) is 4.69. The minimum Gasteiger partial charge on any atom is -0.311 e. The van der Waals surface area contributed by atoms with E-state index in [9.17, 15) is 4.39 Å². The summed E-state index contributed by atoms with van der Waals surface area (Å²) in [7, 11) is 0. The molecule has 90 valence electrons. The zero-order valence-corrected chi connectivity index (χ0v) is 10.8. The third-order valence-electron chi connectivity index (χ3n) is 2.30. The van der Waals surface area contributed by atoms with E-state index < -0.39 is 0 Å². The topological polar surface area (TPSA) is 12.0 Å². The highest BCUT2D eigenvalue weighted by Crippen LogP contribution is 2.17. The van der Waals surface area contributed by atoms with Crippen LogP contribution in [0.1, 0.15) is 25.3 Å². The van der Waals surface area contributed by atoms with Crippen LogP contribution in [-0.4, -0.2) is 11.9 Å². The van der Waals surface area contributed by atoms with Gasteiger partial charge in [-0.15, -0.1) is 11.6 Å². The molecule has 0 aromatic heterocycles. The van der Waals surface area contributed by atoms with E-state index in [1.807, 2.05) is 0 Å². The molecule has 0 heterocycles. The Labute approximate surface area is 106 Å². The second kappa shape index (κ2) is 7.10. The predicted octanol–water partition coefficient (Wildman–Crippen LogP) is 3.98. The molecule has 1 unspecified atom stereocenters. The van der Waals surface area contributed by atoms with E-state index in [1.54, 1.807) is 6.07 Å². The fourth-order valence-electron chi connectivity index (χ4n) is 1.44. The van der Waals surface area contributed by atoms with E-state index in [0.29, 0.717) is 11.6 Å². The zero-order valence-electron chi connectivity index (χ0n) is 9.27. The van der Waals surface area contributed by atoms with Crippen LogP contribution in [0, 0.1) is 5.82 Å². The average molecular weight is 264 g/mol. The average Bonchev–Trinajstić information content (AvgIpc) is 2.22. The van der Waals surface area contributed by atoms with Gasteiger partial charge in [-0.25, -0.2) is 4.39 Å². The molecular formula is C12H16Cl2FN. The number of hydrogen-bond donors (Lipinski definition) is 1. The van der Waals surface area contributed by atoms with Crippen LogP contribution in [0.5, 0.6) is 0 Å². The standard InChI is InChI=1S/C12H16Cl2FN/c1-2-3-10(13)8-16-7-9-4-5-11(15)6-12(9)14/h4-6,10,16H,2-3,7-8H2,1H3. The first kappa shape index (κ1) is 13.8. The number of nitrogens with one attached hydrogen (secondary N) is 1. The number of rotatable bonds is 6. The predicted molar refractivity (Wildman–Crippen MR) is 67.7 cm³/mol. The molecule has 0 radical (unpaired) electrons. The van der Waals surface area contributed by atoms with Crippen LogP contribution in [0.25, 0.3) is 0 Å². The van der Waals surface area contributed by atoms with Crippen molar-refractivity contribution in [2.24, 2.45) is 0 Å². The van der Waals surface area contributed by atoms with E-state index >= 15 is 0 Å². The van der Waals surface area contributed by atoms with Gasteiger partial charge in [-0.3, -0.25) is 0 Å². The van der Waals surface area contributed by atoms with Crippen molar-refractivity contribution >= 4 is 23.2 Å². The molecule has 0 bridgehead atoms. The molecule has 0 aliphatic rings. The van der Waals surface area contributed by atoms with Crippen molar-refractivity contribution in [3.8, 4) is 0 Å². The van der Waals surface area contributed by atoms with E-state index in [1.165, 1.54) is 12.1 Å². The van der Waals surface area contributed by atoms with Gasteiger partial charge in [0.2, 0.25) is 0 Å². The molecular weight excluding hydrogens is 248 g/mol. The van der Waals surface area contributed by atoms with Crippen molar-refractivity contribution in [3.05, 3.63) is 34.6 Å². The molecule has 0 spiro atoms.